The first-order chi connectivity index (χ1) is 12.5. The van der Waals surface area contributed by atoms with Gasteiger partial charge in [-0.3, -0.25) is 9.48 Å². The van der Waals surface area contributed by atoms with Crippen LogP contribution in [0.4, 0.5) is 0 Å². The van der Waals surface area contributed by atoms with E-state index in [1.165, 1.54) is 11.3 Å². The van der Waals surface area contributed by atoms with E-state index in [4.69, 9.17) is 17.3 Å². The zero-order chi connectivity index (χ0) is 18.3. The van der Waals surface area contributed by atoms with Crippen molar-refractivity contribution < 1.29 is 4.79 Å². The third-order valence-corrected chi connectivity index (χ3v) is 6.36. The summed E-state index contributed by atoms with van der Waals surface area (Å²) in [6.45, 7) is 4.85. The first-order valence-electron chi connectivity index (χ1n) is 8.76. The fourth-order valence-electron chi connectivity index (χ4n) is 3.45. The highest BCUT2D eigenvalue weighted by atomic mass is 35.5. The minimum Gasteiger partial charge on any atom is -0.338 e. The Labute approximate surface area is 173 Å². The number of rotatable bonds is 4. The van der Waals surface area contributed by atoms with Gasteiger partial charge >= 0.3 is 0 Å². The summed E-state index contributed by atoms with van der Waals surface area (Å²) in [5.41, 5.74) is 7.83. The molecule has 27 heavy (non-hydrogen) atoms. The zero-order valence-corrected chi connectivity index (χ0v) is 17.4. The number of carbonyl (C=O) groups excluding carboxylic acids is 1. The molecule has 144 valence electrons. The molecule has 5 nitrogen and oxygen atoms in total. The monoisotopic (exact) mass is 424 g/mol. The summed E-state index contributed by atoms with van der Waals surface area (Å²) in [5, 5.41) is 6.42. The molecule has 0 spiro atoms. The summed E-state index contributed by atoms with van der Waals surface area (Å²) >= 11 is 7.49. The molecule has 1 unspecified atom stereocenters. The van der Waals surface area contributed by atoms with Crippen molar-refractivity contribution in [1.82, 2.24) is 14.7 Å². The van der Waals surface area contributed by atoms with Gasteiger partial charge in [-0.05, 0) is 49.6 Å². The molecule has 1 aliphatic rings. The molecule has 0 bridgehead atoms. The van der Waals surface area contributed by atoms with E-state index < -0.39 is 0 Å². The second-order valence-corrected chi connectivity index (χ2v) is 8.31. The van der Waals surface area contributed by atoms with Crippen LogP contribution >= 0.6 is 35.3 Å². The van der Waals surface area contributed by atoms with Crippen molar-refractivity contribution in [3.8, 4) is 0 Å². The summed E-state index contributed by atoms with van der Waals surface area (Å²) in [4.78, 5) is 16.6. The number of aromatic nitrogens is 2. The van der Waals surface area contributed by atoms with Crippen LogP contribution in [0.15, 0.2) is 30.3 Å². The maximum absolute atomic E-state index is 12.8. The van der Waals surface area contributed by atoms with Gasteiger partial charge in [0.25, 0.3) is 5.91 Å². The molecule has 4 rings (SSSR count). The average Bonchev–Trinajstić information content (AvgIpc) is 3.34. The average molecular weight is 425 g/mol. The minimum atomic E-state index is 0. The fourth-order valence-corrected chi connectivity index (χ4v) is 4.71. The molecule has 2 aromatic heterocycles. The summed E-state index contributed by atoms with van der Waals surface area (Å²) < 4.78 is 1.97. The molecule has 8 heteroatoms. The number of hydrogen-bond donors (Lipinski definition) is 1. The second kappa shape index (κ2) is 8.19. The van der Waals surface area contributed by atoms with E-state index in [9.17, 15) is 4.79 Å². The van der Waals surface area contributed by atoms with E-state index >= 15 is 0 Å². The van der Waals surface area contributed by atoms with E-state index in [-0.39, 0.29) is 18.3 Å². The van der Waals surface area contributed by atoms with Crippen LogP contribution in [0, 0.1) is 12.8 Å². The van der Waals surface area contributed by atoms with Crippen molar-refractivity contribution in [1.29, 1.82) is 0 Å². The lowest BCUT2D eigenvalue weighted by molar-refractivity contribution is 0.0792. The Balaban J connectivity index is 0.00000210. The molecule has 3 aromatic rings. The zero-order valence-electron chi connectivity index (χ0n) is 15.0. The number of amides is 1. The highest BCUT2D eigenvalue weighted by Gasteiger charge is 2.27. The van der Waals surface area contributed by atoms with E-state index in [1.807, 2.05) is 46.8 Å². The molecule has 1 amide bonds. The molecule has 3 heterocycles. The van der Waals surface area contributed by atoms with Crippen LogP contribution in [0.3, 0.4) is 0 Å². The molecule has 2 N–H and O–H groups in total. The molecule has 0 saturated carbocycles. The second-order valence-electron chi connectivity index (χ2n) is 6.84. The highest BCUT2D eigenvalue weighted by molar-refractivity contribution is 7.20. The van der Waals surface area contributed by atoms with Crippen molar-refractivity contribution in [3.05, 3.63) is 51.5 Å². The topological polar surface area (TPSA) is 64.2 Å². The standard InChI is InChI=1S/C19H21ClN4OS.ClH/c1-12-16-8-17(18(25)23-7-6-14(9-21)10-23)26-19(16)24(22-12)11-13-2-4-15(20)5-3-13;/h2-5,8,14H,6-7,9-11,21H2,1H3;1H. The van der Waals surface area contributed by atoms with Crippen LogP contribution in [-0.4, -0.2) is 40.2 Å². The lowest BCUT2D eigenvalue weighted by atomic mass is 10.1. The summed E-state index contributed by atoms with van der Waals surface area (Å²) in [5.74, 6) is 0.537. The molecule has 1 aromatic carbocycles. The molecule has 1 aliphatic heterocycles. The smallest absolute Gasteiger partial charge is 0.264 e. The van der Waals surface area contributed by atoms with Crippen molar-refractivity contribution in [3.63, 3.8) is 0 Å². The van der Waals surface area contributed by atoms with E-state index in [0.717, 1.165) is 50.9 Å². The Bertz CT molecular complexity index is 951. The number of carbonyl (C=O) groups is 1. The number of aryl methyl sites for hydroxylation is 1. The van der Waals surface area contributed by atoms with Crippen LogP contribution in [0.5, 0.6) is 0 Å². The van der Waals surface area contributed by atoms with Gasteiger partial charge in [0.15, 0.2) is 0 Å². The van der Waals surface area contributed by atoms with E-state index in [1.54, 1.807) is 0 Å². The Morgan fingerprint density at radius 3 is 2.78 bits per heavy atom. The SMILES string of the molecule is Cc1nn(Cc2ccc(Cl)cc2)c2sc(C(=O)N3CCC(CN)C3)cc12.Cl. The predicted molar refractivity (Wildman–Crippen MR) is 113 cm³/mol. The summed E-state index contributed by atoms with van der Waals surface area (Å²) in [6, 6.07) is 9.76. The van der Waals surface area contributed by atoms with Gasteiger partial charge in [0.05, 0.1) is 17.1 Å². The van der Waals surface area contributed by atoms with Crippen LogP contribution in [0.2, 0.25) is 5.02 Å². The summed E-state index contributed by atoms with van der Waals surface area (Å²) in [7, 11) is 0. The maximum atomic E-state index is 12.8. The van der Waals surface area contributed by atoms with Gasteiger partial charge in [-0.25, -0.2) is 0 Å². The Morgan fingerprint density at radius 1 is 1.37 bits per heavy atom. The van der Waals surface area contributed by atoms with Gasteiger partial charge in [0.2, 0.25) is 0 Å². The molecular formula is C19H22Cl2N4OS. The van der Waals surface area contributed by atoms with Gasteiger partial charge in [-0.2, -0.15) is 5.10 Å². The molecule has 0 radical (unpaired) electrons. The number of hydrogen-bond acceptors (Lipinski definition) is 4. The lowest BCUT2D eigenvalue weighted by Crippen LogP contribution is -2.29. The first kappa shape index (κ1) is 20.1. The Kier molecular flexibility index (Phi) is 6.11. The Hall–Kier alpha value is -1.60. The third kappa shape index (κ3) is 3.99. The van der Waals surface area contributed by atoms with Gasteiger partial charge < -0.3 is 10.6 Å². The highest BCUT2D eigenvalue weighted by Crippen LogP contribution is 2.31. The van der Waals surface area contributed by atoms with E-state index in [2.05, 4.69) is 5.10 Å². The van der Waals surface area contributed by atoms with Crippen molar-refractivity contribution in [2.45, 2.75) is 19.9 Å². The predicted octanol–water partition coefficient (Wildman–Crippen LogP) is 3.95. The van der Waals surface area contributed by atoms with Crippen LogP contribution in [0.1, 0.15) is 27.3 Å². The largest absolute Gasteiger partial charge is 0.338 e. The third-order valence-electron chi connectivity index (χ3n) is 4.97. The van der Waals surface area contributed by atoms with Gasteiger partial charge in [-0.1, -0.05) is 23.7 Å². The first-order valence-corrected chi connectivity index (χ1v) is 9.95. The molecule has 1 saturated heterocycles. The maximum Gasteiger partial charge on any atom is 0.264 e. The van der Waals surface area contributed by atoms with Crippen molar-refractivity contribution in [2.24, 2.45) is 11.7 Å². The number of nitrogens with two attached hydrogens (primary N) is 1. The normalized spacial score (nSPS) is 16.7. The number of nitrogens with zero attached hydrogens (tertiary/aromatic N) is 3. The number of thiophene rings is 1. The minimum absolute atomic E-state index is 0. The molecule has 1 fully saturated rings. The molecular weight excluding hydrogens is 403 g/mol. The van der Waals surface area contributed by atoms with Crippen molar-refractivity contribution >= 4 is 51.5 Å². The van der Waals surface area contributed by atoms with Gasteiger partial charge in [0.1, 0.15) is 4.83 Å². The van der Waals surface area contributed by atoms with Gasteiger partial charge in [-0.15, -0.1) is 23.7 Å². The number of benzene rings is 1. The lowest BCUT2D eigenvalue weighted by Gasteiger charge is -2.14. The number of halogens is 2. The Morgan fingerprint density at radius 2 is 2.11 bits per heavy atom. The molecule has 0 aliphatic carbocycles. The van der Waals surface area contributed by atoms with E-state index in [0.29, 0.717) is 19.0 Å². The number of likely N-dealkylation sites (tertiary alicyclic amines) is 1. The molecule has 1 atom stereocenters. The van der Waals surface area contributed by atoms with Crippen LogP contribution in [0.25, 0.3) is 10.2 Å². The van der Waals surface area contributed by atoms with Crippen LogP contribution < -0.4 is 5.73 Å². The number of fused-ring (bicyclic) bond motifs is 1. The summed E-state index contributed by atoms with van der Waals surface area (Å²) in [6.07, 6.45) is 0.997. The van der Waals surface area contributed by atoms with Gasteiger partial charge in [0, 0.05) is 23.5 Å². The van der Waals surface area contributed by atoms with Crippen molar-refractivity contribution in [2.75, 3.05) is 19.6 Å². The quantitative estimate of drug-likeness (QED) is 0.689. The van der Waals surface area contributed by atoms with Crippen LogP contribution in [-0.2, 0) is 6.54 Å². The fraction of sp³-hybridized carbons (Fsp3) is 0.368.